The lowest BCUT2D eigenvalue weighted by atomic mass is 10.2. The van der Waals surface area contributed by atoms with Crippen LogP contribution >= 0.6 is 11.6 Å². The van der Waals surface area contributed by atoms with Gasteiger partial charge in [-0.1, -0.05) is 18.5 Å². The zero-order valence-electron chi connectivity index (χ0n) is 11.7. The molecular formula is C14H17ClFN3O. The largest absolute Gasteiger partial charge is 0.439 e. The van der Waals surface area contributed by atoms with Gasteiger partial charge in [0.25, 0.3) is 0 Å². The quantitative estimate of drug-likeness (QED) is 0.919. The Hall–Kier alpha value is -1.59. The molecule has 1 heterocycles. The Morgan fingerprint density at radius 1 is 1.45 bits per heavy atom. The van der Waals surface area contributed by atoms with Gasteiger partial charge in [-0.3, -0.25) is 0 Å². The van der Waals surface area contributed by atoms with Crippen molar-refractivity contribution in [2.45, 2.75) is 20.4 Å². The SMILES string of the molecule is CCNCc1c(C)nn(C)c1Oc1ccc(Cl)c(F)c1. The van der Waals surface area contributed by atoms with E-state index >= 15 is 0 Å². The van der Waals surface area contributed by atoms with E-state index in [0.29, 0.717) is 18.2 Å². The summed E-state index contributed by atoms with van der Waals surface area (Å²) in [5.41, 5.74) is 1.85. The number of nitrogens with zero attached hydrogens (tertiary/aromatic N) is 2. The minimum atomic E-state index is -0.503. The molecule has 4 nitrogen and oxygen atoms in total. The third kappa shape index (κ3) is 3.11. The van der Waals surface area contributed by atoms with Crippen molar-refractivity contribution >= 4 is 11.6 Å². The van der Waals surface area contributed by atoms with Crippen LogP contribution in [0, 0.1) is 12.7 Å². The standard InChI is InChI=1S/C14H17ClFN3O/c1-4-17-8-11-9(2)18-19(3)14(11)20-10-5-6-12(15)13(16)7-10/h5-7,17H,4,8H2,1-3H3. The van der Waals surface area contributed by atoms with Crippen LogP contribution < -0.4 is 10.1 Å². The van der Waals surface area contributed by atoms with Crippen molar-refractivity contribution in [3.8, 4) is 11.6 Å². The van der Waals surface area contributed by atoms with Crippen LogP contribution in [0.5, 0.6) is 11.6 Å². The van der Waals surface area contributed by atoms with Crippen LogP contribution in [0.15, 0.2) is 18.2 Å². The Morgan fingerprint density at radius 3 is 2.85 bits per heavy atom. The molecule has 20 heavy (non-hydrogen) atoms. The topological polar surface area (TPSA) is 39.1 Å². The molecule has 1 N–H and O–H groups in total. The van der Waals surface area contributed by atoms with Crippen molar-refractivity contribution in [2.24, 2.45) is 7.05 Å². The van der Waals surface area contributed by atoms with Gasteiger partial charge in [-0.05, 0) is 25.6 Å². The molecule has 0 spiro atoms. The predicted octanol–water partition coefficient (Wildman–Crippen LogP) is 3.42. The normalized spacial score (nSPS) is 10.8. The fourth-order valence-electron chi connectivity index (χ4n) is 1.91. The van der Waals surface area contributed by atoms with Crippen molar-refractivity contribution < 1.29 is 9.13 Å². The zero-order valence-corrected chi connectivity index (χ0v) is 12.5. The molecule has 1 aromatic heterocycles. The average Bonchev–Trinajstić information content (AvgIpc) is 2.66. The average molecular weight is 298 g/mol. The molecule has 0 unspecified atom stereocenters. The van der Waals surface area contributed by atoms with Crippen molar-refractivity contribution in [1.82, 2.24) is 15.1 Å². The van der Waals surface area contributed by atoms with Gasteiger partial charge in [0.05, 0.1) is 16.3 Å². The Bertz CT molecular complexity index is 613. The first-order valence-corrected chi connectivity index (χ1v) is 6.76. The van der Waals surface area contributed by atoms with Crippen molar-refractivity contribution in [3.63, 3.8) is 0 Å². The fraction of sp³-hybridized carbons (Fsp3) is 0.357. The maximum absolute atomic E-state index is 13.4. The summed E-state index contributed by atoms with van der Waals surface area (Å²) in [5.74, 6) is 0.495. The Morgan fingerprint density at radius 2 is 2.20 bits per heavy atom. The first-order chi connectivity index (χ1) is 9.52. The molecule has 0 amide bonds. The summed E-state index contributed by atoms with van der Waals surface area (Å²) in [6, 6.07) is 4.37. The maximum atomic E-state index is 13.4. The summed E-state index contributed by atoms with van der Waals surface area (Å²) in [5, 5.41) is 7.64. The molecule has 0 aliphatic heterocycles. The molecule has 2 aromatic rings. The highest BCUT2D eigenvalue weighted by atomic mass is 35.5. The number of nitrogens with one attached hydrogen (secondary N) is 1. The molecule has 0 saturated carbocycles. The van der Waals surface area contributed by atoms with Crippen molar-refractivity contribution in [2.75, 3.05) is 6.54 Å². The lowest BCUT2D eigenvalue weighted by Gasteiger charge is -2.09. The Kier molecular flexibility index (Phi) is 4.62. The summed E-state index contributed by atoms with van der Waals surface area (Å²) in [7, 11) is 1.80. The number of hydrogen-bond acceptors (Lipinski definition) is 3. The van der Waals surface area contributed by atoms with Gasteiger partial charge in [0.2, 0.25) is 5.88 Å². The summed E-state index contributed by atoms with van der Waals surface area (Å²) in [4.78, 5) is 0. The number of rotatable bonds is 5. The van der Waals surface area contributed by atoms with E-state index in [1.807, 2.05) is 13.8 Å². The molecule has 2 rings (SSSR count). The predicted molar refractivity (Wildman–Crippen MR) is 76.8 cm³/mol. The van der Waals surface area contributed by atoms with Crippen LogP contribution in [-0.4, -0.2) is 16.3 Å². The molecule has 1 aromatic carbocycles. The first-order valence-electron chi connectivity index (χ1n) is 6.39. The molecular weight excluding hydrogens is 281 g/mol. The van der Waals surface area contributed by atoms with Crippen molar-refractivity contribution in [3.05, 3.63) is 40.3 Å². The smallest absolute Gasteiger partial charge is 0.222 e. The lowest BCUT2D eigenvalue weighted by Crippen LogP contribution is -2.12. The van der Waals surface area contributed by atoms with E-state index < -0.39 is 5.82 Å². The maximum Gasteiger partial charge on any atom is 0.222 e. The van der Waals surface area contributed by atoms with Crippen LogP contribution in [0.25, 0.3) is 0 Å². The van der Waals surface area contributed by atoms with E-state index in [4.69, 9.17) is 16.3 Å². The zero-order chi connectivity index (χ0) is 14.7. The monoisotopic (exact) mass is 297 g/mol. The van der Waals surface area contributed by atoms with Gasteiger partial charge in [0.15, 0.2) is 0 Å². The molecule has 6 heteroatoms. The molecule has 0 aliphatic rings. The summed E-state index contributed by atoms with van der Waals surface area (Å²) in [6.45, 7) is 5.45. The second-order valence-corrected chi connectivity index (χ2v) is 4.86. The molecule has 0 aliphatic carbocycles. The number of hydrogen-bond donors (Lipinski definition) is 1. The second kappa shape index (κ2) is 6.24. The number of aryl methyl sites for hydroxylation is 2. The van der Waals surface area contributed by atoms with Gasteiger partial charge in [-0.25, -0.2) is 9.07 Å². The molecule has 0 fully saturated rings. The lowest BCUT2D eigenvalue weighted by molar-refractivity contribution is 0.421. The van der Waals surface area contributed by atoms with Gasteiger partial charge in [0.1, 0.15) is 11.6 Å². The van der Waals surface area contributed by atoms with Crippen LogP contribution in [0.4, 0.5) is 4.39 Å². The summed E-state index contributed by atoms with van der Waals surface area (Å²) in [6.07, 6.45) is 0. The van der Waals surface area contributed by atoms with Gasteiger partial charge in [-0.2, -0.15) is 5.10 Å². The molecule has 0 saturated heterocycles. The molecule has 0 bridgehead atoms. The second-order valence-electron chi connectivity index (χ2n) is 4.45. The van der Waals surface area contributed by atoms with E-state index in [1.165, 1.54) is 12.1 Å². The van der Waals surface area contributed by atoms with Crippen molar-refractivity contribution in [1.29, 1.82) is 0 Å². The van der Waals surface area contributed by atoms with E-state index in [9.17, 15) is 4.39 Å². The third-order valence-corrected chi connectivity index (χ3v) is 3.25. The van der Waals surface area contributed by atoms with Crippen LogP contribution in [0.2, 0.25) is 5.02 Å². The van der Waals surface area contributed by atoms with Gasteiger partial charge in [-0.15, -0.1) is 0 Å². The minimum absolute atomic E-state index is 0.0754. The molecule has 108 valence electrons. The van der Waals surface area contributed by atoms with Gasteiger partial charge >= 0.3 is 0 Å². The highest BCUT2D eigenvalue weighted by Crippen LogP contribution is 2.29. The highest BCUT2D eigenvalue weighted by molar-refractivity contribution is 6.30. The Labute approximate surface area is 122 Å². The first kappa shape index (κ1) is 14.8. The minimum Gasteiger partial charge on any atom is -0.439 e. The van der Waals surface area contributed by atoms with Gasteiger partial charge in [0, 0.05) is 19.7 Å². The van der Waals surface area contributed by atoms with E-state index in [1.54, 1.807) is 17.8 Å². The van der Waals surface area contributed by atoms with Crippen LogP contribution in [0.3, 0.4) is 0 Å². The molecule has 0 radical (unpaired) electrons. The number of halogens is 2. The van der Waals surface area contributed by atoms with E-state index in [2.05, 4.69) is 10.4 Å². The van der Waals surface area contributed by atoms with E-state index in [0.717, 1.165) is 17.8 Å². The fourth-order valence-corrected chi connectivity index (χ4v) is 2.03. The third-order valence-electron chi connectivity index (χ3n) is 2.95. The van der Waals surface area contributed by atoms with Crippen LogP contribution in [-0.2, 0) is 13.6 Å². The number of ether oxygens (including phenoxy) is 1. The number of benzene rings is 1. The van der Waals surface area contributed by atoms with Gasteiger partial charge < -0.3 is 10.1 Å². The summed E-state index contributed by atoms with van der Waals surface area (Å²) < 4.78 is 20.8. The highest BCUT2D eigenvalue weighted by Gasteiger charge is 2.15. The summed E-state index contributed by atoms with van der Waals surface area (Å²) >= 11 is 5.66. The number of aromatic nitrogens is 2. The molecule has 0 atom stereocenters. The van der Waals surface area contributed by atoms with E-state index in [-0.39, 0.29) is 5.02 Å². The Balaban J connectivity index is 2.29. The van der Waals surface area contributed by atoms with Crippen LogP contribution in [0.1, 0.15) is 18.2 Å².